The number of anilines is 4. The summed E-state index contributed by atoms with van der Waals surface area (Å²) < 4.78 is 0. The molecule has 0 bridgehead atoms. The first-order valence-electron chi connectivity index (χ1n) is 11.4. The Morgan fingerprint density at radius 3 is 2.33 bits per heavy atom. The number of rotatable bonds is 11. The van der Waals surface area contributed by atoms with Crippen LogP contribution in [0.15, 0.2) is 125 Å². The predicted molar refractivity (Wildman–Crippen MR) is 154 cm³/mol. The molecule has 36 heavy (non-hydrogen) atoms. The Morgan fingerprint density at radius 2 is 1.67 bits per heavy atom. The fraction of sp³-hybridized carbons (Fsp3) is 0.0690. The molecular weight excluding hydrogens is 446 g/mol. The van der Waals surface area contributed by atoms with Crippen molar-refractivity contribution < 1.29 is 0 Å². The number of allylic oxidation sites excluding steroid dienone is 3. The molecule has 3 rings (SSSR count). The number of hydrogen-bond acceptors (Lipinski definition) is 7. The van der Waals surface area contributed by atoms with Gasteiger partial charge in [0, 0.05) is 65.4 Å². The molecule has 0 aliphatic heterocycles. The number of benzene rings is 2. The summed E-state index contributed by atoms with van der Waals surface area (Å²) in [5, 5.41) is 9.91. The third-order valence-electron chi connectivity index (χ3n) is 4.97. The fourth-order valence-electron chi connectivity index (χ4n) is 3.22. The highest BCUT2D eigenvalue weighted by atomic mass is 15.0. The van der Waals surface area contributed by atoms with E-state index in [9.17, 15) is 0 Å². The lowest BCUT2D eigenvalue weighted by Crippen LogP contribution is -2.13. The molecule has 0 fully saturated rings. The van der Waals surface area contributed by atoms with Crippen molar-refractivity contribution in [2.24, 2.45) is 9.98 Å². The minimum absolute atomic E-state index is 0.604. The molecule has 0 radical (unpaired) electrons. The van der Waals surface area contributed by atoms with Gasteiger partial charge in [0.15, 0.2) is 0 Å². The van der Waals surface area contributed by atoms with Gasteiger partial charge in [-0.3, -0.25) is 15.0 Å². The average Bonchev–Trinajstić information content (AvgIpc) is 2.88. The number of pyridine rings is 1. The number of hydrogen-bond donors (Lipinski definition) is 4. The Hall–Kier alpha value is -4.91. The quantitative estimate of drug-likeness (QED) is 0.151. The minimum Gasteiger partial charge on any atom is -0.399 e. The maximum absolute atomic E-state index is 5.94. The van der Waals surface area contributed by atoms with Gasteiger partial charge in [0.25, 0.3) is 0 Å². The first-order chi connectivity index (χ1) is 17.5. The topological polar surface area (TPSA) is 99.7 Å². The summed E-state index contributed by atoms with van der Waals surface area (Å²) in [5.41, 5.74) is 13.2. The summed E-state index contributed by atoms with van der Waals surface area (Å²) in [7, 11) is 1.71. The van der Waals surface area contributed by atoms with Gasteiger partial charge in [-0.05, 0) is 61.5 Å². The van der Waals surface area contributed by atoms with Crippen LogP contribution in [-0.4, -0.2) is 24.5 Å². The molecule has 1 aromatic heterocycles. The highest BCUT2D eigenvalue weighted by molar-refractivity contribution is 5.88. The van der Waals surface area contributed by atoms with Crippen molar-refractivity contribution in [3.05, 3.63) is 121 Å². The molecule has 0 unspecified atom stereocenters. The smallest absolute Gasteiger partial charge is 0.0816 e. The molecule has 0 aliphatic rings. The Bertz CT molecular complexity index is 1300. The summed E-state index contributed by atoms with van der Waals surface area (Å²) in [4.78, 5) is 12.6. The van der Waals surface area contributed by atoms with E-state index in [2.05, 4.69) is 44.1 Å². The summed E-state index contributed by atoms with van der Waals surface area (Å²) in [6, 6.07) is 19.3. The Morgan fingerprint density at radius 1 is 0.972 bits per heavy atom. The van der Waals surface area contributed by atoms with Crippen LogP contribution in [0.3, 0.4) is 0 Å². The zero-order valence-corrected chi connectivity index (χ0v) is 20.6. The molecule has 0 aliphatic carbocycles. The third kappa shape index (κ3) is 7.85. The normalized spacial score (nSPS) is 12.1. The van der Waals surface area contributed by atoms with E-state index in [0.29, 0.717) is 22.8 Å². The molecule has 0 amide bonds. The third-order valence-corrected chi connectivity index (χ3v) is 4.97. The lowest BCUT2D eigenvalue weighted by atomic mass is 10.1. The van der Waals surface area contributed by atoms with Crippen molar-refractivity contribution in [3.63, 3.8) is 0 Å². The molecule has 2 aromatic carbocycles. The van der Waals surface area contributed by atoms with Gasteiger partial charge in [0.05, 0.1) is 17.6 Å². The second kappa shape index (κ2) is 13.1. The molecule has 7 nitrogen and oxygen atoms in total. The van der Waals surface area contributed by atoms with E-state index in [1.165, 1.54) is 0 Å². The maximum Gasteiger partial charge on any atom is 0.0816 e. The Kier molecular flexibility index (Phi) is 9.35. The molecule has 0 saturated heterocycles. The largest absolute Gasteiger partial charge is 0.399 e. The van der Waals surface area contributed by atoms with Crippen LogP contribution in [0.1, 0.15) is 12.5 Å². The molecule has 0 spiro atoms. The number of aromatic nitrogens is 1. The van der Waals surface area contributed by atoms with E-state index >= 15 is 0 Å². The summed E-state index contributed by atoms with van der Waals surface area (Å²) >= 11 is 0. The summed E-state index contributed by atoms with van der Waals surface area (Å²) in [6.45, 7) is 10.1. The first-order valence-corrected chi connectivity index (χ1v) is 11.4. The van der Waals surface area contributed by atoms with Crippen molar-refractivity contribution in [2.45, 2.75) is 6.92 Å². The maximum atomic E-state index is 5.94. The number of nitrogens with one attached hydrogen (secondary N) is 3. The van der Waals surface area contributed by atoms with Gasteiger partial charge in [0.1, 0.15) is 0 Å². The zero-order valence-electron chi connectivity index (χ0n) is 20.6. The van der Waals surface area contributed by atoms with Crippen LogP contribution < -0.4 is 21.7 Å². The fourth-order valence-corrected chi connectivity index (χ4v) is 3.22. The lowest BCUT2D eigenvalue weighted by Gasteiger charge is -2.13. The Labute approximate surface area is 212 Å². The van der Waals surface area contributed by atoms with E-state index in [0.717, 1.165) is 28.3 Å². The van der Waals surface area contributed by atoms with Gasteiger partial charge in [-0.1, -0.05) is 31.4 Å². The van der Waals surface area contributed by atoms with Gasteiger partial charge in [-0.25, -0.2) is 0 Å². The van der Waals surface area contributed by atoms with Crippen molar-refractivity contribution >= 4 is 40.9 Å². The van der Waals surface area contributed by atoms with Crippen molar-refractivity contribution in [2.75, 3.05) is 23.4 Å². The molecular formula is C29H31N7. The molecule has 5 N–H and O–H groups in total. The van der Waals surface area contributed by atoms with Crippen LogP contribution in [0.2, 0.25) is 0 Å². The van der Waals surface area contributed by atoms with Crippen LogP contribution >= 0.6 is 0 Å². The van der Waals surface area contributed by atoms with Crippen LogP contribution in [0, 0.1) is 0 Å². The number of nitrogens with zero attached hydrogens (tertiary/aromatic N) is 3. The monoisotopic (exact) mass is 477 g/mol. The molecule has 0 saturated carbocycles. The van der Waals surface area contributed by atoms with Crippen molar-refractivity contribution in [1.29, 1.82) is 0 Å². The average molecular weight is 478 g/mol. The van der Waals surface area contributed by atoms with E-state index in [-0.39, 0.29) is 0 Å². The van der Waals surface area contributed by atoms with Crippen LogP contribution in [0.4, 0.5) is 22.7 Å². The predicted octanol–water partition coefficient (Wildman–Crippen LogP) is 6.15. The number of nitrogen functional groups attached to an aromatic ring is 1. The standard InChI is InChI=1S/C29H31N7/c1-5-28(22(3)35-25-9-11-26(12-10-25)36-27-13-17-32-18-14-27)33-20-21(2)34-29(15-16-31-4)23-7-6-8-24(30)19-23/h5-20,34-35H,2-3,30H2,1,4H3,(H,32,36)/b28-5-,29-15+,31-16-,33-20-. The molecule has 1 heterocycles. The van der Waals surface area contributed by atoms with E-state index in [1.54, 1.807) is 31.9 Å². The number of nitrogens with two attached hydrogens (primary N) is 1. The summed E-state index contributed by atoms with van der Waals surface area (Å²) in [6.07, 6.45) is 10.6. The zero-order chi connectivity index (χ0) is 25.8. The van der Waals surface area contributed by atoms with Gasteiger partial charge >= 0.3 is 0 Å². The second-order valence-corrected chi connectivity index (χ2v) is 7.74. The molecule has 7 heteroatoms. The molecule has 182 valence electrons. The van der Waals surface area contributed by atoms with Crippen molar-refractivity contribution in [1.82, 2.24) is 10.3 Å². The van der Waals surface area contributed by atoms with Crippen LogP contribution in [0.25, 0.3) is 5.70 Å². The summed E-state index contributed by atoms with van der Waals surface area (Å²) in [5.74, 6) is 0. The van der Waals surface area contributed by atoms with Crippen LogP contribution in [0.5, 0.6) is 0 Å². The minimum atomic E-state index is 0.604. The number of aliphatic imine (C=N–C) groups is 2. The van der Waals surface area contributed by atoms with E-state index in [4.69, 9.17) is 5.73 Å². The van der Waals surface area contributed by atoms with Gasteiger partial charge < -0.3 is 21.7 Å². The SMILES string of the molecule is C=C(/C=N\C(=C/C)C(=C)Nc1ccc(Nc2ccncc2)cc1)N/C(=C/C=N\C)c1cccc(N)c1. The highest BCUT2D eigenvalue weighted by Crippen LogP contribution is 2.21. The van der Waals surface area contributed by atoms with Gasteiger partial charge in [-0.2, -0.15) is 0 Å². The second-order valence-electron chi connectivity index (χ2n) is 7.74. The lowest BCUT2D eigenvalue weighted by molar-refractivity contribution is 1.17. The first kappa shape index (κ1) is 25.7. The molecule has 3 aromatic rings. The molecule has 0 atom stereocenters. The van der Waals surface area contributed by atoms with E-state index < -0.39 is 0 Å². The van der Waals surface area contributed by atoms with Crippen LogP contribution in [-0.2, 0) is 0 Å². The van der Waals surface area contributed by atoms with E-state index in [1.807, 2.05) is 79.7 Å². The van der Waals surface area contributed by atoms with Gasteiger partial charge in [0.2, 0.25) is 0 Å². The Balaban J connectivity index is 1.62. The highest BCUT2D eigenvalue weighted by Gasteiger charge is 2.05. The van der Waals surface area contributed by atoms with Gasteiger partial charge in [-0.15, -0.1) is 0 Å². The van der Waals surface area contributed by atoms with Crippen molar-refractivity contribution in [3.8, 4) is 0 Å².